The Bertz CT molecular complexity index is 710. The minimum Gasteiger partial charge on any atom is -0.360 e. The normalized spacial score (nSPS) is 11.1. The predicted octanol–water partition coefficient (Wildman–Crippen LogP) is 3.35. The van der Waals surface area contributed by atoms with Crippen molar-refractivity contribution in [2.24, 2.45) is 5.41 Å². The number of hydrogen-bond acceptors (Lipinski definition) is 4. The summed E-state index contributed by atoms with van der Waals surface area (Å²) in [5.41, 5.74) is -0.660. The maximum Gasteiger partial charge on any atom is 0.240 e. The Labute approximate surface area is 136 Å². The van der Waals surface area contributed by atoms with Gasteiger partial charge < -0.3 is 15.2 Å². The van der Waals surface area contributed by atoms with Gasteiger partial charge in [0.15, 0.2) is 5.82 Å². The molecule has 0 atom stereocenters. The summed E-state index contributed by atoms with van der Waals surface area (Å²) >= 11 is 3.33. The molecule has 22 heavy (non-hydrogen) atoms. The molecule has 7 heteroatoms. The lowest BCUT2D eigenvalue weighted by Gasteiger charge is -2.22. The topological polar surface area (TPSA) is 84.2 Å². The smallest absolute Gasteiger partial charge is 0.240 e. The lowest BCUT2D eigenvalue weighted by molar-refractivity contribution is -0.135. The molecule has 2 N–H and O–H groups in total. The van der Waals surface area contributed by atoms with E-state index in [1.807, 2.05) is 6.07 Å². The fourth-order valence-corrected chi connectivity index (χ4v) is 2.05. The first-order chi connectivity index (χ1) is 10.3. The first-order valence-electron chi connectivity index (χ1n) is 6.61. The maximum absolute atomic E-state index is 12.4. The summed E-state index contributed by atoms with van der Waals surface area (Å²) in [5, 5.41) is 8.97. The zero-order valence-corrected chi connectivity index (χ0v) is 14.0. The summed E-state index contributed by atoms with van der Waals surface area (Å²) in [6.45, 7) is 4.80. The molecule has 2 aromatic rings. The average molecular weight is 366 g/mol. The van der Waals surface area contributed by atoms with Crippen molar-refractivity contribution < 1.29 is 14.1 Å². The van der Waals surface area contributed by atoms with E-state index in [0.717, 1.165) is 4.47 Å². The van der Waals surface area contributed by atoms with Crippen LogP contribution in [0.1, 0.15) is 19.6 Å². The van der Waals surface area contributed by atoms with Crippen LogP contribution in [0.25, 0.3) is 0 Å². The Balaban J connectivity index is 2.07. The Morgan fingerprint density at radius 2 is 1.86 bits per heavy atom. The second-order valence-corrected chi connectivity index (χ2v) is 6.28. The van der Waals surface area contributed by atoms with Crippen LogP contribution in [-0.2, 0) is 9.59 Å². The number of nitrogens with zero attached hydrogens (tertiary/aromatic N) is 1. The van der Waals surface area contributed by atoms with E-state index < -0.39 is 17.2 Å². The molecule has 2 amide bonds. The maximum atomic E-state index is 12.4. The Morgan fingerprint density at radius 1 is 1.18 bits per heavy atom. The summed E-state index contributed by atoms with van der Waals surface area (Å²) in [5.74, 6) is -0.0193. The largest absolute Gasteiger partial charge is 0.360 e. The van der Waals surface area contributed by atoms with Gasteiger partial charge in [-0.15, -0.1) is 0 Å². The molecule has 0 saturated carbocycles. The molecule has 0 spiro atoms. The van der Waals surface area contributed by atoms with Gasteiger partial charge in [0, 0.05) is 16.2 Å². The lowest BCUT2D eigenvalue weighted by Crippen LogP contribution is -2.41. The van der Waals surface area contributed by atoms with Crippen molar-refractivity contribution in [3.05, 3.63) is 40.6 Å². The number of amides is 2. The summed E-state index contributed by atoms with van der Waals surface area (Å²) in [6, 6.07) is 8.73. The van der Waals surface area contributed by atoms with E-state index in [2.05, 4.69) is 31.7 Å². The number of rotatable bonds is 4. The zero-order valence-electron chi connectivity index (χ0n) is 12.4. The Hall–Kier alpha value is -2.15. The molecule has 2 rings (SSSR count). The summed E-state index contributed by atoms with van der Waals surface area (Å²) < 4.78 is 5.72. The number of nitrogens with one attached hydrogen (secondary N) is 2. The van der Waals surface area contributed by atoms with Gasteiger partial charge in [-0.05, 0) is 39.0 Å². The molecule has 0 unspecified atom stereocenters. The molecule has 0 aliphatic rings. The highest BCUT2D eigenvalue weighted by Crippen LogP contribution is 2.23. The van der Waals surface area contributed by atoms with Crippen LogP contribution >= 0.6 is 15.9 Å². The van der Waals surface area contributed by atoms with Gasteiger partial charge >= 0.3 is 0 Å². The van der Waals surface area contributed by atoms with E-state index in [0.29, 0.717) is 11.4 Å². The van der Waals surface area contributed by atoms with E-state index in [9.17, 15) is 9.59 Å². The molecular formula is C15H16BrN3O3. The number of halogens is 1. The molecule has 0 aliphatic carbocycles. The number of anilines is 2. The first kappa shape index (κ1) is 16.2. The van der Waals surface area contributed by atoms with Gasteiger partial charge in [-0.1, -0.05) is 27.2 Å². The molecule has 116 valence electrons. The van der Waals surface area contributed by atoms with E-state index in [1.54, 1.807) is 45.0 Å². The first-order valence-corrected chi connectivity index (χ1v) is 7.40. The van der Waals surface area contributed by atoms with Gasteiger partial charge in [0.1, 0.15) is 11.2 Å². The molecule has 1 aromatic carbocycles. The van der Waals surface area contributed by atoms with E-state index >= 15 is 0 Å². The Kier molecular flexibility index (Phi) is 4.65. The molecule has 1 heterocycles. The SMILES string of the molecule is Cc1cc(NC(=O)C(C)(C)C(=O)Nc2cccc(Br)c2)no1. The Morgan fingerprint density at radius 3 is 2.45 bits per heavy atom. The van der Waals surface area contributed by atoms with E-state index in [1.165, 1.54) is 0 Å². The molecule has 0 aliphatic heterocycles. The highest BCUT2D eigenvalue weighted by molar-refractivity contribution is 9.10. The van der Waals surface area contributed by atoms with Crippen LogP contribution in [0.4, 0.5) is 11.5 Å². The van der Waals surface area contributed by atoms with Crippen molar-refractivity contribution >= 4 is 39.2 Å². The molecule has 6 nitrogen and oxygen atoms in total. The highest BCUT2D eigenvalue weighted by atomic mass is 79.9. The standard InChI is InChI=1S/C15H16BrN3O3/c1-9-7-12(19-22-9)18-14(21)15(2,3)13(20)17-11-6-4-5-10(16)8-11/h4-8H,1-3H3,(H,17,20)(H,18,19,21). The highest BCUT2D eigenvalue weighted by Gasteiger charge is 2.36. The zero-order chi connectivity index (χ0) is 16.3. The van der Waals surface area contributed by atoms with Crippen molar-refractivity contribution in [3.8, 4) is 0 Å². The third-order valence-electron chi connectivity index (χ3n) is 3.09. The van der Waals surface area contributed by atoms with Crippen LogP contribution in [0.15, 0.2) is 39.3 Å². The molecule has 0 bridgehead atoms. The number of aromatic nitrogens is 1. The minimum absolute atomic E-state index is 0.283. The fourth-order valence-electron chi connectivity index (χ4n) is 1.65. The van der Waals surface area contributed by atoms with Gasteiger partial charge in [0.05, 0.1) is 0 Å². The second-order valence-electron chi connectivity index (χ2n) is 5.37. The third-order valence-corrected chi connectivity index (χ3v) is 3.58. The third kappa shape index (κ3) is 3.73. The van der Waals surface area contributed by atoms with Crippen molar-refractivity contribution in [1.29, 1.82) is 0 Å². The number of benzene rings is 1. The quantitative estimate of drug-likeness (QED) is 0.813. The van der Waals surface area contributed by atoms with Crippen LogP contribution in [0.3, 0.4) is 0 Å². The van der Waals surface area contributed by atoms with Gasteiger partial charge in [-0.2, -0.15) is 0 Å². The molecule has 0 fully saturated rings. The summed E-state index contributed by atoms with van der Waals surface area (Å²) in [6.07, 6.45) is 0. The number of hydrogen-bond donors (Lipinski definition) is 2. The van der Waals surface area contributed by atoms with Crippen molar-refractivity contribution in [2.45, 2.75) is 20.8 Å². The van der Waals surface area contributed by atoms with Crippen molar-refractivity contribution in [1.82, 2.24) is 5.16 Å². The minimum atomic E-state index is -1.27. The predicted molar refractivity (Wildman–Crippen MR) is 86.4 cm³/mol. The molecule has 0 saturated heterocycles. The number of carbonyl (C=O) groups is 2. The molecule has 0 radical (unpaired) electrons. The monoisotopic (exact) mass is 365 g/mol. The van der Waals surface area contributed by atoms with Crippen LogP contribution in [0.5, 0.6) is 0 Å². The lowest BCUT2D eigenvalue weighted by atomic mass is 9.91. The van der Waals surface area contributed by atoms with Crippen molar-refractivity contribution in [3.63, 3.8) is 0 Å². The van der Waals surface area contributed by atoms with E-state index in [4.69, 9.17) is 4.52 Å². The number of aryl methyl sites for hydroxylation is 1. The summed E-state index contributed by atoms with van der Waals surface area (Å²) in [4.78, 5) is 24.6. The fraction of sp³-hybridized carbons (Fsp3) is 0.267. The van der Waals surface area contributed by atoms with E-state index in [-0.39, 0.29) is 5.82 Å². The molecular weight excluding hydrogens is 350 g/mol. The average Bonchev–Trinajstić information content (AvgIpc) is 2.84. The molecule has 1 aromatic heterocycles. The second kappa shape index (κ2) is 6.31. The van der Waals surface area contributed by atoms with Crippen LogP contribution in [0, 0.1) is 12.3 Å². The van der Waals surface area contributed by atoms with Crippen molar-refractivity contribution in [2.75, 3.05) is 10.6 Å². The van der Waals surface area contributed by atoms with Gasteiger partial charge in [0.2, 0.25) is 11.8 Å². The van der Waals surface area contributed by atoms with Crippen LogP contribution in [0.2, 0.25) is 0 Å². The van der Waals surface area contributed by atoms with Gasteiger partial charge in [0.25, 0.3) is 0 Å². The summed E-state index contributed by atoms with van der Waals surface area (Å²) in [7, 11) is 0. The number of carbonyl (C=O) groups excluding carboxylic acids is 2. The van der Waals surface area contributed by atoms with Gasteiger partial charge in [-0.3, -0.25) is 9.59 Å². The van der Waals surface area contributed by atoms with Gasteiger partial charge in [-0.25, -0.2) is 0 Å². The van der Waals surface area contributed by atoms with Crippen LogP contribution in [-0.4, -0.2) is 17.0 Å². The van der Waals surface area contributed by atoms with Crippen LogP contribution < -0.4 is 10.6 Å².